The molecule has 0 fully saturated rings. The molecular formula is C10H15N5. The molecule has 0 amide bonds. The van der Waals surface area contributed by atoms with Gasteiger partial charge in [-0.15, -0.1) is 5.10 Å². The maximum atomic E-state index is 8.88. The van der Waals surface area contributed by atoms with E-state index >= 15 is 0 Å². The molecule has 1 heterocycles. The maximum Gasteiger partial charge on any atom is 0.168 e. The summed E-state index contributed by atoms with van der Waals surface area (Å²) < 4.78 is 0. The van der Waals surface area contributed by atoms with Crippen LogP contribution in [-0.4, -0.2) is 37.4 Å². The van der Waals surface area contributed by atoms with Crippen LogP contribution in [-0.2, 0) is 0 Å². The average molecular weight is 205 g/mol. The lowest BCUT2D eigenvalue weighted by Gasteiger charge is -2.17. The second-order valence-corrected chi connectivity index (χ2v) is 3.26. The zero-order valence-electron chi connectivity index (χ0n) is 9.06. The van der Waals surface area contributed by atoms with E-state index in [0.717, 1.165) is 19.5 Å². The zero-order valence-corrected chi connectivity index (χ0v) is 9.06. The quantitative estimate of drug-likeness (QED) is 0.705. The number of hydrogen-bond acceptors (Lipinski definition) is 5. The number of nitrogens with zero attached hydrogens (tertiary/aromatic N) is 4. The highest BCUT2D eigenvalue weighted by molar-refractivity contribution is 5.51. The van der Waals surface area contributed by atoms with Crippen LogP contribution in [0.3, 0.4) is 0 Å². The molecule has 80 valence electrons. The summed E-state index contributed by atoms with van der Waals surface area (Å²) in [6, 6.07) is 3.78. The lowest BCUT2D eigenvalue weighted by Crippen LogP contribution is -2.24. The minimum absolute atomic E-state index is 0.567. The van der Waals surface area contributed by atoms with Gasteiger partial charge in [0.15, 0.2) is 5.82 Å². The molecule has 0 saturated heterocycles. The third-order valence-corrected chi connectivity index (χ3v) is 2.10. The smallest absolute Gasteiger partial charge is 0.168 e. The highest BCUT2D eigenvalue weighted by atomic mass is 15.2. The van der Waals surface area contributed by atoms with Gasteiger partial charge in [-0.25, -0.2) is 0 Å². The lowest BCUT2D eigenvalue weighted by molar-refractivity contribution is 0.706. The monoisotopic (exact) mass is 205 g/mol. The highest BCUT2D eigenvalue weighted by Crippen LogP contribution is 2.12. The summed E-state index contributed by atoms with van der Waals surface area (Å²) in [5.41, 5.74) is 0.567. The molecule has 1 aromatic rings. The van der Waals surface area contributed by atoms with Gasteiger partial charge in [0.2, 0.25) is 0 Å². The number of rotatable bonds is 5. The Morgan fingerprint density at radius 2 is 2.40 bits per heavy atom. The molecule has 0 unspecified atom stereocenters. The van der Waals surface area contributed by atoms with Gasteiger partial charge < -0.3 is 10.2 Å². The average Bonchev–Trinajstić information content (AvgIpc) is 2.29. The van der Waals surface area contributed by atoms with Gasteiger partial charge in [0.05, 0.1) is 11.8 Å². The Labute approximate surface area is 89.7 Å². The van der Waals surface area contributed by atoms with Crippen LogP contribution in [0.2, 0.25) is 0 Å². The molecule has 5 nitrogen and oxygen atoms in total. The summed E-state index contributed by atoms with van der Waals surface area (Å²) in [4.78, 5) is 1.95. The number of nitrogens with one attached hydrogen (secondary N) is 1. The van der Waals surface area contributed by atoms with Crippen molar-refractivity contribution >= 4 is 5.82 Å². The van der Waals surface area contributed by atoms with Crippen molar-refractivity contribution in [2.24, 2.45) is 0 Å². The Kier molecular flexibility index (Phi) is 4.51. The Balaban J connectivity index is 2.65. The van der Waals surface area contributed by atoms with Crippen LogP contribution < -0.4 is 10.2 Å². The summed E-state index contributed by atoms with van der Waals surface area (Å²) >= 11 is 0. The van der Waals surface area contributed by atoms with E-state index < -0.39 is 0 Å². The first-order valence-electron chi connectivity index (χ1n) is 4.87. The molecule has 0 aliphatic rings. The van der Waals surface area contributed by atoms with Crippen LogP contribution in [0.15, 0.2) is 12.3 Å². The van der Waals surface area contributed by atoms with Crippen LogP contribution in [0.4, 0.5) is 5.82 Å². The number of nitriles is 1. The van der Waals surface area contributed by atoms with Crippen LogP contribution in [0.25, 0.3) is 0 Å². The van der Waals surface area contributed by atoms with Crippen molar-refractivity contribution in [1.29, 1.82) is 5.26 Å². The topological polar surface area (TPSA) is 64.8 Å². The van der Waals surface area contributed by atoms with Crippen molar-refractivity contribution in [1.82, 2.24) is 15.5 Å². The van der Waals surface area contributed by atoms with Crippen molar-refractivity contribution in [2.75, 3.05) is 32.1 Å². The number of anilines is 1. The second kappa shape index (κ2) is 5.94. The van der Waals surface area contributed by atoms with Gasteiger partial charge in [-0.05, 0) is 26.1 Å². The van der Waals surface area contributed by atoms with Crippen LogP contribution in [0.1, 0.15) is 12.0 Å². The van der Waals surface area contributed by atoms with Crippen LogP contribution >= 0.6 is 0 Å². The second-order valence-electron chi connectivity index (χ2n) is 3.26. The van der Waals surface area contributed by atoms with Gasteiger partial charge in [0.25, 0.3) is 0 Å². The van der Waals surface area contributed by atoms with Crippen molar-refractivity contribution in [3.63, 3.8) is 0 Å². The third-order valence-electron chi connectivity index (χ3n) is 2.10. The minimum atomic E-state index is 0.567. The van der Waals surface area contributed by atoms with E-state index in [2.05, 4.69) is 21.6 Å². The van der Waals surface area contributed by atoms with Crippen molar-refractivity contribution in [3.05, 3.63) is 17.8 Å². The first-order valence-corrected chi connectivity index (χ1v) is 4.87. The molecule has 0 saturated carbocycles. The SMILES string of the molecule is CNCCCN(C)c1nnccc1C#N. The first-order chi connectivity index (χ1) is 7.29. The minimum Gasteiger partial charge on any atom is -0.357 e. The molecule has 0 radical (unpaired) electrons. The summed E-state index contributed by atoms with van der Waals surface area (Å²) in [5.74, 6) is 0.649. The fourth-order valence-electron chi connectivity index (χ4n) is 1.29. The van der Waals surface area contributed by atoms with Gasteiger partial charge in [-0.1, -0.05) is 0 Å². The predicted octanol–water partition coefficient (Wildman–Crippen LogP) is 0.394. The van der Waals surface area contributed by atoms with E-state index in [1.807, 2.05) is 19.0 Å². The van der Waals surface area contributed by atoms with E-state index in [4.69, 9.17) is 5.26 Å². The summed E-state index contributed by atoms with van der Waals surface area (Å²) in [7, 11) is 3.84. The third kappa shape index (κ3) is 3.18. The molecule has 0 bridgehead atoms. The molecule has 15 heavy (non-hydrogen) atoms. The van der Waals surface area contributed by atoms with E-state index in [9.17, 15) is 0 Å². The maximum absolute atomic E-state index is 8.88. The van der Waals surface area contributed by atoms with Crippen molar-refractivity contribution < 1.29 is 0 Å². The van der Waals surface area contributed by atoms with Gasteiger partial charge in [0, 0.05) is 13.6 Å². The van der Waals surface area contributed by atoms with Gasteiger partial charge in [-0.2, -0.15) is 10.4 Å². The van der Waals surface area contributed by atoms with Crippen molar-refractivity contribution in [2.45, 2.75) is 6.42 Å². The standard InChI is InChI=1S/C10H15N5/c1-12-5-3-7-15(2)10-9(8-11)4-6-13-14-10/h4,6,12H,3,5,7H2,1-2H3. The Hall–Kier alpha value is -1.67. The molecule has 1 rings (SSSR count). The molecule has 1 aromatic heterocycles. The van der Waals surface area contributed by atoms with Crippen LogP contribution in [0, 0.1) is 11.3 Å². The van der Waals surface area contributed by atoms with Crippen LogP contribution in [0.5, 0.6) is 0 Å². The summed E-state index contributed by atoms with van der Waals surface area (Å²) in [5, 5.41) is 19.7. The number of aromatic nitrogens is 2. The van der Waals surface area contributed by atoms with E-state index in [-0.39, 0.29) is 0 Å². The Morgan fingerprint density at radius 3 is 3.07 bits per heavy atom. The molecule has 0 aliphatic carbocycles. The highest BCUT2D eigenvalue weighted by Gasteiger charge is 2.07. The van der Waals surface area contributed by atoms with E-state index in [1.54, 1.807) is 6.07 Å². The number of hydrogen-bond donors (Lipinski definition) is 1. The molecule has 0 aliphatic heterocycles. The van der Waals surface area contributed by atoms with Gasteiger partial charge in [0.1, 0.15) is 6.07 Å². The lowest BCUT2D eigenvalue weighted by atomic mass is 10.3. The normalized spacial score (nSPS) is 9.67. The summed E-state index contributed by atoms with van der Waals surface area (Å²) in [6.07, 6.45) is 2.54. The summed E-state index contributed by atoms with van der Waals surface area (Å²) in [6.45, 7) is 1.81. The van der Waals surface area contributed by atoms with Crippen molar-refractivity contribution in [3.8, 4) is 6.07 Å². The first kappa shape index (κ1) is 11.4. The van der Waals surface area contributed by atoms with E-state index in [0.29, 0.717) is 11.4 Å². The van der Waals surface area contributed by atoms with Gasteiger partial charge in [-0.3, -0.25) is 0 Å². The zero-order chi connectivity index (χ0) is 11.1. The van der Waals surface area contributed by atoms with Gasteiger partial charge >= 0.3 is 0 Å². The fourth-order valence-corrected chi connectivity index (χ4v) is 1.29. The fraction of sp³-hybridized carbons (Fsp3) is 0.500. The molecule has 0 atom stereocenters. The largest absolute Gasteiger partial charge is 0.357 e. The molecule has 0 aromatic carbocycles. The Morgan fingerprint density at radius 1 is 1.60 bits per heavy atom. The Bertz CT molecular complexity index is 344. The molecule has 1 N–H and O–H groups in total. The molecule has 5 heteroatoms. The molecule has 0 spiro atoms. The molecular weight excluding hydrogens is 190 g/mol. The van der Waals surface area contributed by atoms with E-state index in [1.165, 1.54) is 6.20 Å². The predicted molar refractivity (Wildman–Crippen MR) is 58.6 cm³/mol.